The van der Waals surface area contributed by atoms with Crippen LogP contribution in [0.2, 0.25) is 27.3 Å². The van der Waals surface area contributed by atoms with E-state index in [0.29, 0.717) is 0 Å². The van der Waals surface area contributed by atoms with Gasteiger partial charge in [0.15, 0.2) is 0 Å². The van der Waals surface area contributed by atoms with Crippen LogP contribution in [0.4, 0.5) is 0 Å². The SMILES string of the molecule is CCC[CH2][Ge]1([CH2]CCC)[CH2]CC(C)(C)[O][Ge]1([CH3])[CH3]. The molecule has 108 valence electrons. The van der Waals surface area contributed by atoms with Gasteiger partial charge in [-0.15, -0.1) is 0 Å². The summed E-state index contributed by atoms with van der Waals surface area (Å²) >= 11 is -3.62. The summed E-state index contributed by atoms with van der Waals surface area (Å²) in [6, 6.07) is 0. The third-order valence-corrected chi connectivity index (χ3v) is 57.8. The van der Waals surface area contributed by atoms with E-state index in [1.807, 2.05) is 0 Å². The number of hydrogen-bond acceptors (Lipinski definition) is 1. The topological polar surface area (TPSA) is 9.23 Å². The Hall–Kier alpha value is 1.05. The Morgan fingerprint density at radius 1 is 1.00 bits per heavy atom. The van der Waals surface area contributed by atoms with E-state index >= 15 is 0 Å². The molecule has 1 heterocycles. The van der Waals surface area contributed by atoms with E-state index in [-0.39, 0.29) is 5.60 Å². The molecule has 0 aromatic rings. The van der Waals surface area contributed by atoms with Crippen molar-refractivity contribution in [2.45, 2.75) is 92.7 Å². The monoisotopic (exact) mass is 378 g/mol. The number of hydrogen-bond donors (Lipinski definition) is 0. The average molecular weight is 376 g/mol. The maximum atomic E-state index is 6.74. The summed E-state index contributed by atoms with van der Waals surface area (Å²) in [5.74, 6) is 5.21. The van der Waals surface area contributed by atoms with Crippen molar-refractivity contribution >= 4 is 22.9 Å². The van der Waals surface area contributed by atoms with Crippen molar-refractivity contribution in [3.8, 4) is 0 Å². The van der Waals surface area contributed by atoms with Crippen molar-refractivity contribution < 1.29 is 3.76 Å². The molecule has 0 atom stereocenters. The molecule has 0 aromatic carbocycles. The van der Waals surface area contributed by atoms with Crippen LogP contribution in [0.25, 0.3) is 0 Å². The first-order chi connectivity index (χ1) is 8.29. The first-order valence-corrected chi connectivity index (χ1v) is 24.0. The Morgan fingerprint density at radius 3 is 1.89 bits per heavy atom. The van der Waals surface area contributed by atoms with Crippen molar-refractivity contribution in [1.29, 1.82) is 0 Å². The number of rotatable bonds is 6. The van der Waals surface area contributed by atoms with Crippen molar-refractivity contribution in [3.05, 3.63) is 0 Å². The summed E-state index contributed by atoms with van der Waals surface area (Å²) in [7, 11) is 0. The fraction of sp³-hybridized carbons (Fsp3) is 1.00. The van der Waals surface area contributed by atoms with Gasteiger partial charge in [-0.25, -0.2) is 0 Å². The molecule has 18 heavy (non-hydrogen) atoms. The zero-order valence-corrected chi connectivity index (χ0v) is 17.8. The molecule has 3 heteroatoms. The molecule has 1 aliphatic heterocycles. The molecule has 0 amide bonds. The van der Waals surface area contributed by atoms with Crippen molar-refractivity contribution in [3.63, 3.8) is 0 Å². The van der Waals surface area contributed by atoms with Crippen LogP contribution in [0.15, 0.2) is 0 Å². The van der Waals surface area contributed by atoms with Crippen LogP contribution in [-0.4, -0.2) is 28.5 Å². The van der Waals surface area contributed by atoms with Gasteiger partial charge in [0.1, 0.15) is 0 Å². The van der Waals surface area contributed by atoms with Crippen LogP contribution in [0.5, 0.6) is 0 Å². The Kier molecular flexibility index (Phi) is 6.33. The molecule has 0 bridgehead atoms. The third-order valence-electron chi connectivity index (χ3n) is 5.03. The molecule has 0 spiro atoms. The predicted molar refractivity (Wildman–Crippen MR) is 87.3 cm³/mol. The summed E-state index contributed by atoms with van der Waals surface area (Å²) in [6.07, 6.45) is 7.04. The predicted octanol–water partition coefficient (Wildman–Crippen LogP) is 5.52. The van der Waals surface area contributed by atoms with Gasteiger partial charge >= 0.3 is 119 Å². The fourth-order valence-electron chi connectivity index (χ4n) is 3.70. The van der Waals surface area contributed by atoms with Gasteiger partial charge in [-0.2, -0.15) is 0 Å². The van der Waals surface area contributed by atoms with Gasteiger partial charge in [0, 0.05) is 0 Å². The van der Waals surface area contributed by atoms with Gasteiger partial charge < -0.3 is 0 Å². The van der Waals surface area contributed by atoms with Crippen LogP contribution in [0, 0.1) is 0 Å². The second-order valence-electron chi connectivity index (χ2n) is 7.36. The Morgan fingerprint density at radius 2 is 1.50 bits per heavy atom. The molecule has 0 aromatic heterocycles. The van der Waals surface area contributed by atoms with Crippen LogP contribution in [-0.2, 0) is 3.76 Å². The van der Waals surface area contributed by atoms with Crippen molar-refractivity contribution in [2.75, 3.05) is 0 Å². The molecule has 0 N–H and O–H groups in total. The molecule has 0 aliphatic carbocycles. The van der Waals surface area contributed by atoms with Crippen LogP contribution in [0.3, 0.4) is 0 Å². The first kappa shape index (κ1) is 17.1. The van der Waals surface area contributed by atoms with Crippen LogP contribution in [0.1, 0.15) is 59.8 Å². The normalized spacial score (nSPS) is 25.0. The molecular weight excluding hydrogens is 341 g/mol. The zero-order valence-electron chi connectivity index (χ0n) is 13.6. The summed E-state index contributed by atoms with van der Waals surface area (Å²) in [4.78, 5) is 0. The summed E-state index contributed by atoms with van der Waals surface area (Å²) in [5.41, 5.74) is 0.191. The first-order valence-electron chi connectivity index (χ1n) is 7.99. The molecule has 0 radical (unpaired) electrons. The third kappa shape index (κ3) is 4.02. The maximum absolute atomic E-state index is 6.74. The summed E-state index contributed by atoms with van der Waals surface area (Å²) in [6.45, 7) is 9.35. The fourth-order valence-corrected chi connectivity index (χ4v) is 49.5. The minimum absolute atomic E-state index is 0.191. The molecular formula is C15H34Ge2O. The Balaban J connectivity index is 2.86. The van der Waals surface area contributed by atoms with E-state index in [2.05, 4.69) is 39.2 Å². The summed E-state index contributed by atoms with van der Waals surface area (Å²) in [5, 5.41) is 4.83. The summed E-state index contributed by atoms with van der Waals surface area (Å²) < 4.78 is 6.74. The van der Waals surface area contributed by atoms with E-state index in [9.17, 15) is 0 Å². The minimum atomic E-state index is -1.96. The van der Waals surface area contributed by atoms with Crippen LogP contribution >= 0.6 is 0 Å². The van der Waals surface area contributed by atoms with Crippen molar-refractivity contribution in [1.82, 2.24) is 0 Å². The second-order valence-corrected chi connectivity index (χ2v) is 47.3. The average Bonchev–Trinajstić information content (AvgIpc) is 2.25. The van der Waals surface area contributed by atoms with E-state index in [0.717, 1.165) is 0 Å². The van der Waals surface area contributed by atoms with E-state index in [4.69, 9.17) is 3.76 Å². The molecule has 0 unspecified atom stereocenters. The Bertz CT molecular complexity index is 253. The zero-order chi connectivity index (χ0) is 13.9. The van der Waals surface area contributed by atoms with E-state index in [1.165, 1.54) is 32.1 Å². The van der Waals surface area contributed by atoms with Gasteiger partial charge in [0.25, 0.3) is 0 Å². The van der Waals surface area contributed by atoms with Crippen molar-refractivity contribution in [2.24, 2.45) is 0 Å². The molecule has 1 fully saturated rings. The molecule has 1 aliphatic rings. The Labute approximate surface area is 119 Å². The van der Waals surface area contributed by atoms with Gasteiger partial charge in [-0.05, 0) is 0 Å². The molecule has 0 saturated carbocycles. The standard InChI is InChI=1S/C15H34Ge2O/c1-7-9-12-17(13-10-8-2)14-11-15(3,4)18-16(17,5)6/h7-14H2,1-6H3. The van der Waals surface area contributed by atoms with Gasteiger partial charge in [0.05, 0.1) is 0 Å². The van der Waals surface area contributed by atoms with Gasteiger partial charge in [-0.1, -0.05) is 0 Å². The molecule has 1 saturated heterocycles. The second kappa shape index (κ2) is 6.67. The quantitative estimate of drug-likeness (QED) is 0.556. The van der Waals surface area contributed by atoms with E-state index < -0.39 is 22.9 Å². The molecule has 1 nitrogen and oxygen atoms in total. The van der Waals surface area contributed by atoms with Gasteiger partial charge in [0.2, 0.25) is 0 Å². The van der Waals surface area contributed by atoms with E-state index in [1.54, 1.807) is 15.8 Å². The van der Waals surface area contributed by atoms with Crippen LogP contribution < -0.4 is 0 Å². The molecule has 1 rings (SSSR count). The van der Waals surface area contributed by atoms with Gasteiger partial charge in [-0.3, -0.25) is 0 Å². The number of unbranched alkanes of at least 4 members (excludes halogenated alkanes) is 2.